The van der Waals surface area contributed by atoms with E-state index in [1.165, 1.54) is 0 Å². The molecule has 0 saturated carbocycles. The van der Waals surface area contributed by atoms with E-state index >= 15 is 0 Å². The molecule has 0 bridgehead atoms. The highest BCUT2D eigenvalue weighted by Crippen LogP contribution is 2.14. The van der Waals surface area contributed by atoms with Crippen LogP contribution in [0.15, 0.2) is 12.1 Å². The summed E-state index contributed by atoms with van der Waals surface area (Å²) in [6, 6.07) is 3.74. The summed E-state index contributed by atoms with van der Waals surface area (Å²) in [7, 11) is 2.09. The van der Waals surface area contributed by atoms with Crippen LogP contribution in [0.1, 0.15) is 29.4 Å². The zero-order chi connectivity index (χ0) is 14.5. The van der Waals surface area contributed by atoms with E-state index in [4.69, 9.17) is 0 Å². The van der Waals surface area contributed by atoms with Gasteiger partial charge in [0.1, 0.15) is 5.82 Å². The maximum atomic E-state index is 12.5. The SMILES string of the molecule is CCCNc1cc(C(=O)N2CCN(C)CC2)cc(C)n1. The molecule has 20 heavy (non-hydrogen) atoms. The van der Waals surface area contributed by atoms with Crippen molar-refractivity contribution < 1.29 is 4.79 Å². The van der Waals surface area contributed by atoms with Gasteiger partial charge in [-0.15, -0.1) is 0 Å². The van der Waals surface area contributed by atoms with Crippen molar-refractivity contribution in [1.29, 1.82) is 0 Å². The van der Waals surface area contributed by atoms with E-state index in [1.54, 1.807) is 0 Å². The number of rotatable bonds is 4. The standard InChI is InChI=1S/C15H24N4O/c1-4-5-16-14-11-13(10-12(2)17-14)15(20)19-8-6-18(3)7-9-19/h10-11H,4-9H2,1-3H3,(H,16,17). The molecule has 1 saturated heterocycles. The zero-order valence-corrected chi connectivity index (χ0v) is 12.6. The maximum absolute atomic E-state index is 12.5. The Labute approximate surface area is 121 Å². The van der Waals surface area contributed by atoms with Gasteiger partial charge in [-0.05, 0) is 32.5 Å². The summed E-state index contributed by atoms with van der Waals surface area (Å²) < 4.78 is 0. The lowest BCUT2D eigenvalue weighted by Crippen LogP contribution is -2.47. The number of carbonyl (C=O) groups excluding carboxylic acids is 1. The molecule has 0 aromatic carbocycles. The number of nitrogens with zero attached hydrogens (tertiary/aromatic N) is 3. The molecule has 110 valence electrons. The van der Waals surface area contributed by atoms with E-state index in [1.807, 2.05) is 24.0 Å². The van der Waals surface area contributed by atoms with Gasteiger partial charge in [0.05, 0.1) is 0 Å². The van der Waals surface area contributed by atoms with E-state index < -0.39 is 0 Å². The number of piperazine rings is 1. The van der Waals surface area contributed by atoms with Crippen LogP contribution in [0.5, 0.6) is 0 Å². The minimum absolute atomic E-state index is 0.114. The molecular formula is C15H24N4O. The molecule has 0 spiro atoms. The second-order valence-corrected chi connectivity index (χ2v) is 5.40. The summed E-state index contributed by atoms with van der Waals surface area (Å²) in [5.74, 6) is 0.910. The Morgan fingerprint density at radius 3 is 2.65 bits per heavy atom. The fourth-order valence-electron chi connectivity index (χ4n) is 2.33. The molecule has 1 fully saturated rings. The van der Waals surface area contributed by atoms with Crippen molar-refractivity contribution in [3.8, 4) is 0 Å². The number of aromatic nitrogens is 1. The molecule has 0 unspecified atom stereocenters. The molecule has 0 aliphatic carbocycles. The van der Waals surface area contributed by atoms with Gasteiger partial charge in [0.15, 0.2) is 0 Å². The van der Waals surface area contributed by atoms with Crippen LogP contribution in [0.2, 0.25) is 0 Å². The van der Waals surface area contributed by atoms with Crippen molar-refractivity contribution in [3.63, 3.8) is 0 Å². The minimum Gasteiger partial charge on any atom is -0.370 e. The fourth-order valence-corrected chi connectivity index (χ4v) is 2.33. The number of aryl methyl sites for hydroxylation is 1. The van der Waals surface area contributed by atoms with Gasteiger partial charge in [0.2, 0.25) is 0 Å². The number of nitrogens with one attached hydrogen (secondary N) is 1. The lowest BCUT2D eigenvalue weighted by Gasteiger charge is -2.32. The van der Waals surface area contributed by atoms with Gasteiger partial charge in [-0.3, -0.25) is 4.79 Å². The third-order valence-corrected chi connectivity index (χ3v) is 3.55. The molecule has 1 N–H and O–H groups in total. The average molecular weight is 276 g/mol. The van der Waals surface area contributed by atoms with E-state index in [9.17, 15) is 4.79 Å². The average Bonchev–Trinajstić information content (AvgIpc) is 2.44. The largest absolute Gasteiger partial charge is 0.370 e. The van der Waals surface area contributed by atoms with Crippen molar-refractivity contribution in [1.82, 2.24) is 14.8 Å². The molecule has 2 rings (SSSR count). The van der Waals surface area contributed by atoms with Gasteiger partial charge in [-0.1, -0.05) is 6.92 Å². The van der Waals surface area contributed by atoms with Crippen LogP contribution in [0, 0.1) is 6.92 Å². The van der Waals surface area contributed by atoms with Crippen molar-refractivity contribution in [2.75, 3.05) is 45.1 Å². The van der Waals surface area contributed by atoms with Crippen LogP contribution >= 0.6 is 0 Å². The second-order valence-electron chi connectivity index (χ2n) is 5.40. The molecule has 1 aromatic rings. The minimum atomic E-state index is 0.114. The van der Waals surface area contributed by atoms with Crippen LogP contribution in [-0.2, 0) is 0 Å². The van der Waals surface area contributed by atoms with Crippen molar-refractivity contribution >= 4 is 11.7 Å². The molecule has 5 heteroatoms. The normalized spacial score (nSPS) is 16.2. The molecular weight excluding hydrogens is 252 g/mol. The van der Waals surface area contributed by atoms with Crippen LogP contribution < -0.4 is 5.32 Å². The highest BCUT2D eigenvalue weighted by molar-refractivity contribution is 5.95. The summed E-state index contributed by atoms with van der Waals surface area (Å²) in [4.78, 5) is 21.1. The third-order valence-electron chi connectivity index (χ3n) is 3.55. The van der Waals surface area contributed by atoms with Gasteiger partial charge in [0, 0.05) is 44.0 Å². The number of carbonyl (C=O) groups is 1. The Morgan fingerprint density at radius 1 is 1.30 bits per heavy atom. The number of hydrogen-bond donors (Lipinski definition) is 1. The number of likely N-dealkylation sites (N-methyl/N-ethyl adjacent to an activating group) is 1. The third kappa shape index (κ3) is 3.70. The van der Waals surface area contributed by atoms with E-state index in [0.717, 1.165) is 56.2 Å². The fraction of sp³-hybridized carbons (Fsp3) is 0.600. The van der Waals surface area contributed by atoms with Crippen LogP contribution in [0.4, 0.5) is 5.82 Å². The van der Waals surface area contributed by atoms with Gasteiger partial charge < -0.3 is 15.1 Å². The smallest absolute Gasteiger partial charge is 0.254 e. The van der Waals surface area contributed by atoms with Crippen LogP contribution in [-0.4, -0.2) is 60.5 Å². The molecule has 1 aliphatic rings. The zero-order valence-electron chi connectivity index (χ0n) is 12.6. The monoisotopic (exact) mass is 276 g/mol. The van der Waals surface area contributed by atoms with E-state index in [0.29, 0.717) is 0 Å². The van der Waals surface area contributed by atoms with Crippen LogP contribution in [0.25, 0.3) is 0 Å². The molecule has 0 radical (unpaired) electrons. The van der Waals surface area contributed by atoms with Gasteiger partial charge >= 0.3 is 0 Å². The van der Waals surface area contributed by atoms with Crippen LogP contribution in [0.3, 0.4) is 0 Å². The lowest BCUT2D eigenvalue weighted by atomic mass is 10.2. The Balaban J connectivity index is 2.10. The highest BCUT2D eigenvalue weighted by atomic mass is 16.2. The van der Waals surface area contributed by atoms with Gasteiger partial charge in [-0.2, -0.15) is 0 Å². The molecule has 1 amide bonds. The summed E-state index contributed by atoms with van der Waals surface area (Å²) >= 11 is 0. The van der Waals surface area contributed by atoms with Crippen molar-refractivity contribution in [3.05, 3.63) is 23.4 Å². The lowest BCUT2D eigenvalue weighted by molar-refractivity contribution is 0.0664. The summed E-state index contributed by atoms with van der Waals surface area (Å²) in [6.45, 7) is 8.39. The number of anilines is 1. The summed E-state index contributed by atoms with van der Waals surface area (Å²) in [6.07, 6.45) is 1.04. The number of hydrogen-bond acceptors (Lipinski definition) is 4. The Hall–Kier alpha value is -1.62. The topological polar surface area (TPSA) is 48.5 Å². The number of pyridine rings is 1. The van der Waals surface area contributed by atoms with Crippen molar-refractivity contribution in [2.24, 2.45) is 0 Å². The molecule has 2 heterocycles. The van der Waals surface area contributed by atoms with E-state index in [2.05, 4.69) is 29.2 Å². The number of amides is 1. The first-order chi connectivity index (χ1) is 9.60. The molecule has 1 aromatic heterocycles. The van der Waals surface area contributed by atoms with E-state index in [-0.39, 0.29) is 5.91 Å². The Bertz CT molecular complexity index is 467. The predicted octanol–water partition coefficient (Wildman–Crippen LogP) is 1.60. The first kappa shape index (κ1) is 14.8. The first-order valence-electron chi connectivity index (χ1n) is 7.30. The second kappa shape index (κ2) is 6.70. The highest BCUT2D eigenvalue weighted by Gasteiger charge is 2.21. The molecule has 5 nitrogen and oxygen atoms in total. The summed E-state index contributed by atoms with van der Waals surface area (Å²) in [5, 5.41) is 3.25. The maximum Gasteiger partial charge on any atom is 0.254 e. The Morgan fingerprint density at radius 2 is 2.00 bits per heavy atom. The van der Waals surface area contributed by atoms with Crippen molar-refractivity contribution in [2.45, 2.75) is 20.3 Å². The Kier molecular flexibility index (Phi) is 4.95. The first-order valence-corrected chi connectivity index (χ1v) is 7.30. The quantitative estimate of drug-likeness (QED) is 0.907. The van der Waals surface area contributed by atoms with Gasteiger partial charge in [0.25, 0.3) is 5.91 Å². The van der Waals surface area contributed by atoms with Gasteiger partial charge in [-0.25, -0.2) is 4.98 Å². The summed E-state index contributed by atoms with van der Waals surface area (Å²) in [5.41, 5.74) is 1.62. The predicted molar refractivity (Wildman–Crippen MR) is 81.2 cm³/mol. The molecule has 0 atom stereocenters. The molecule has 1 aliphatic heterocycles.